The van der Waals surface area contributed by atoms with E-state index in [9.17, 15) is 4.79 Å². The van der Waals surface area contributed by atoms with Gasteiger partial charge < -0.3 is 10.1 Å². The molecule has 1 amide bonds. The summed E-state index contributed by atoms with van der Waals surface area (Å²) in [7, 11) is 0. The number of hydrogen-bond acceptors (Lipinski definition) is 2. The molecule has 0 aromatic carbocycles. The van der Waals surface area contributed by atoms with Crippen LogP contribution in [-0.4, -0.2) is 18.7 Å². The van der Waals surface area contributed by atoms with Crippen molar-refractivity contribution in [3.63, 3.8) is 0 Å². The van der Waals surface area contributed by atoms with Gasteiger partial charge >= 0.3 is 6.09 Å². The van der Waals surface area contributed by atoms with E-state index in [2.05, 4.69) is 17.0 Å². The van der Waals surface area contributed by atoms with Gasteiger partial charge in [0.15, 0.2) is 6.07 Å². The normalized spacial score (nSPS) is 27.0. The van der Waals surface area contributed by atoms with Crippen LogP contribution in [0.5, 0.6) is 0 Å². The van der Waals surface area contributed by atoms with E-state index in [1.807, 2.05) is 0 Å². The molecular formula is C10H18ClNO2. The second kappa shape index (κ2) is 6.12. The van der Waals surface area contributed by atoms with Gasteiger partial charge in [-0.05, 0) is 24.7 Å². The Morgan fingerprint density at radius 3 is 2.64 bits per heavy atom. The van der Waals surface area contributed by atoms with Crippen molar-refractivity contribution in [2.45, 2.75) is 32.6 Å². The van der Waals surface area contributed by atoms with Crippen LogP contribution >= 0.6 is 11.6 Å². The van der Waals surface area contributed by atoms with Crippen molar-refractivity contribution < 1.29 is 9.53 Å². The fraction of sp³-hybridized carbons (Fsp3) is 0.900. The maximum absolute atomic E-state index is 10.9. The lowest BCUT2D eigenvalue weighted by Gasteiger charge is -2.25. The standard InChI is InChI=1S/C10H18ClNO2/c1-8-2-4-9(5-3-8)6-12-10(13)14-7-11/h8-9H,2-7H2,1H3,(H,12,13)/t8-,9-. The highest BCUT2D eigenvalue weighted by Crippen LogP contribution is 2.27. The molecule has 82 valence electrons. The van der Waals surface area contributed by atoms with Crippen molar-refractivity contribution in [1.82, 2.24) is 5.32 Å². The number of nitrogens with one attached hydrogen (secondary N) is 1. The van der Waals surface area contributed by atoms with E-state index in [-0.39, 0.29) is 6.07 Å². The highest BCUT2D eigenvalue weighted by molar-refractivity contribution is 6.17. The third kappa shape index (κ3) is 4.18. The molecule has 1 aliphatic carbocycles. The van der Waals surface area contributed by atoms with Crippen LogP contribution in [-0.2, 0) is 4.74 Å². The second-order valence-electron chi connectivity index (χ2n) is 4.05. The fourth-order valence-corrected chi connectivity index (χ4v) is 1.96. The van der Waals surface area contributed by atoms with Crippen molar-refractivity contribution in [3.05, 3.63) is 0 Å². The van der Waals surface area contributed by atoms with Gasteiger partial charge in [0.2, 0.25) is 0 Å². The lowest BCUT2D eigenvalue weighted by molar-refractivity contribution is 0.160. The molecule has 0 aromatic heterocycles. The van der Waals surface area contributed by atoms with Crippen LogP contribution < -0.4 is 5.32 Å². The molecule has 4 heteroatoms. The number of carbonyl (C=O) groups is 1. The third-order valence-electron chi connectivity index (χ3n) is 2.86. The van der Waals surface area contributed by atoms with Gasteiger partial charge in [-0.3, -0.25) is 0 Å². The molecule has 1 saturated carbocycles. The smallest absolute Gasteiger partial charge is 0.408 e. The van der Waals surface area contributed by atoms with Crippen molar-refractivity contribution in [1.29, 1.82) is 0 Å². The molecule has 0 atom stereocenters. The molecule has 0 bridgehead atoms. The molecule has 1 aliphatic rings. The van der Waals surface area contributed by atoms with E-state index in [0.29, 0.717) is 5.92 Å². The summed E-state index contributed by atoms with van der Waals surface area (Å²) in [6.07, 6.45) is 4.57. The highest BCUT2D eigenvalue weighted by atomic mass is 35.5. The summed E-state index contributed by atoms with van der Waals surface area (Å²) in [6.45, 7) is 3.01. The number of carbonyl (C=O) groups excluding carboxylic acids is 1. The maximum Gasteiger partial charge on any atom is 0.408 e. The van der Waals surface area contributed by atoms with Crippen molar-refractivity contribution in [2.24, 2.45) is 11.8 Å². The topological polar surface area (TPSA) is 38.3 Å². The van der Waals surface area contributed by atoms with Gasteiger partial charge in [0.25, 0.3) is 0 Å². The van der Waals surface area contributed by atoms with Crippen LogP contribution in [0.4, 0.5) is 4.79 Å². The zero-order chi connectivity index (χ0) is 10.4. The van der Waals surface area contributed by atoms with Gasteiger partial charge in [0.1, 0.15) is 0 Å². The quantitative estimate of drug-likeness (QED) is 0.742. The first kappa shape index (κ1) is 11.6. The van der Waals surface area contributed by atoms with Crippen LogP contribution in [0.15, 0.2) is 0 Å². The van der Waals surface area contributed by atoms with Crippen LogP contribution in [0.2, 0.25) is 0 Å². The van der Waals surface area contributed by atoms with Gasteiger partial charge in [0.05, 0.1) is 0 Å². The van der Waals surface area contributed by atoms with Gasteiger partial charge in [-0.25, -0.2) is 4.79 Å². The molecule has 0 unspecified atom stereocenters. The van der Waals surface area contributed by atoms with Gasteiger partial charge in [-0.1, -0.05) is 31.4 Å². The minimum atomic E-state index is -0.404. The third-order valence-corrected chi connectivity index (χ3v) is 2.97. The van der Waals surface area contributed by atoms with E-state index in [0.717, 1.165) is 12.5 Å². The summed E-state index contributed by atoms with van der Waals surface area (Å²) in [5.74, 6) is 1.47. The van der Waals surface area contributed by atoms with E-state index in [1.54, 1.807) is 0 Å². The zero-order valence-corrected chi connectivity index (χ0v) is 9.35. The Bertz CT molecular complexity index is 179. The Labute approximate surface area is 90.1 Å². The monoisotopic (exact) mass is 219 g/mol. The van der Waals surface area contributed by atoms with E-state index < -0.39 is 6.09 Å². The number of amides is 1. The predicted octanol–water partition coefficient (Wildman–Crippen LogP) is 2.74. The number of alkyl carbamates (subject to hydrolysis) is 1. The first-order valence-corrected chi connectivity index (χ1v) is 5.72. The highest BCUT2D eigenvalue weighted by Gasteiger charge is 2.18. The summed E-state index contributed by atoms with van der Waals surface area (Å²) < 4.78 is 4.57. The molecule has 0 saturated heterocycles. The minimum absolute atomic E-state index is 0.0759. The van der Waals surface area contributed by atoms with E-state index >= 15 is 0 Å². The number of hydrogen-bond donors (Lipinski definition) is 1. The van der Waals surface area contributed by atoms with Crippen LogP contribution in [0.3, 0.4) is 0 Å². The molecule has 3 nitrogen and oxygen atoms in total. The molecule has 14 heavy (non-hydrogen) atoms. The van der Waals surface area contributed by atoms with Crippen molar-refractivity contribution in [2.75, 3.05) is 12.6 Å². The molecule has 0 aromatic rings. The molecule has 0 spiro atoms. The molecule has 1 rings (SSSR count). The van der Waals surface area contributed by atoms with E-state index in [4.69, 9.17) is 11.6 Å². The molecule has 1 fully saturated rings. The van der Waals surface area contributed by atoms with Gasteiger partial charge in [-0.2, -0.15) is 0 Å². The maximum atomic E-state index is 10.9. The number of ether oxygens (including phenoxy) is 1. The number of halogens is 1. The summed E-state index contributed by atoms with van der Waals surface area (Å²) in [5.41, 5.74) is 0. The Hall–Kier alpha value is -0.440. The van der Waals surface area contributed by atoms with Gasteiger partial charge in [0, 0.05) is 6.54 Å². The lowest BCUT2D eigenvalue weighted by atomic mass is 9.83. The molecule has 0 heterocycles. The summed E-state index contributed by atoms with van der Waals surface area (Å²) in [6, 6.07) is -0.0759. The SMILES string of the molecule is C[C@H]1CC[C@H](CNC(=O)OCCl)CC1. The van der Waals surface area contributed by atoms with Crippen molar-refractivity contribution >= 4 is 17.7 Å². The van der Waals surface area contributed by atoms with Crippen LogP contribution in [0.25, 0.3) is 0 Å². The Balaban J connectivity index is 2.09. The number of rotatable bonds is 3. The zero-order valence-electron chi connectivity index (χ0n) is 8.59. The van der Waals surface area contributed by atoms with Crippen LogP contribution in [0, 0.1) is 11.8 Å². The van der Waals surface area contributed by atoms with Gasteiger partial charge in [-0.15, -0.1) is 0 Å². The lowest BCUT2D eigenvalue weighted by Crippen LogP contribution is -2.31. The second-order valence-corrected chi connectivity index (χ2v) is 4.27. The van der Waals surface area contributed by atoms with E-state index in [1.165, 1.54) is 25.7 Å². The first-order chi connectivity index (χ1) is 6.72. The largest absolute Gasteiger partial charge is 0.433 e. The minimum Gasteiger partial charge on any atom is -0.433 e. The Morgan fingerprint density at radius 1 is 1.43 bits per heavy atom. The summed E-state index contributed by atoms with van der Waals surface area (Å²) in [5, 5.41) is 2.72. The molecular weight excluding hydrogens is 202 g/mol. The Morgan fingerprint density at radius 2 is 2.07 bits per heavy atom. The predicted molar refractivity (Wildman–Crippen MR) is 56.3 cm³/mol. The average Bonchev–Trinajstić information content (AvgIpc) is 2.17. The summed E-state index contributed by atoms with van der Waals surface area (Å²) in [4.78, 5) is 10.9. The fourth-order valence-electron chi connectivity index (χ4n) is 1.86. The molecule has 0 radical (unpaired) electrons. The summed E-state index contributed by atoms with van der Waals surface area (Å²) >= 11 is 5.25. The average molecular weight is 220 g/mol. The first-order valence-electron chi connectivity index (χ1n) is 5.19. The molecule has 0 aliphatic heterocycles. The van der Waals surface area contributed by atoms with Crippen LogP contribution in [0.1, 0.15) is 32.6 Å². The van der Waals surface area contributed by atoms with Crippen molar-refractivity contribution in [3.8, 4) is 0 Å². The number of alkyl halides is 1. The molecule has 1 N–H and O–H groups in total. The Kier molecular flexibility index (Phi) is 5.09.